The fourth-order valence-electron chi connectivity index (χ4n) is 6.50. The van der Waals surface area contributed by atoms with Crippen LogP contribution in [-0.4, -0.2) is 96.0 Å². The summed E-state index contributed by atoms with van der Waals surface area (Å²) in [6, 6.07) is 14.8. The van der Waals surface area contributed by atoms with Crippen LogP contribution in [0.25, 0.3) is 11.4 Å². The lowest BCUT2D eigenvalue weighted by atomic mass is 10.2. The average molecular weight is 599 g/mol. The number of benzene rings is 2. The number of fused-ring (bicyclic) bond motifs is 2. The summed E-state index contributed by atoms with van der Waals surface area (Å²) >= 11 is 0. The van der Waals surface area contributed by atoms with E-state index in [1.165, 1.54) is 0 Å². The molecule has 4 fully saturated rings. The van der Waals surface area contributed by atoms with Crippen LogP contribution in [0.15, 0.2) is 48.5 Å². The molecule has 4 aliphatic heterocycles. The molecule has 44 heavy (non-hydrogen) atoms. The number of aromatic nitrogens is 3. The van der Waals surface area contributed by atoms with Gasteiger partial charge < -0.3 is 34.8 Å². The van der Waals surface area contributed by atoms with Crippen LogP contribution in [0.3, 0.4) is 0 Å². The second-order valence-electron chi connectivity index (χ2n) is 11.9. The highest BCUT2D eigenvalue weighted by atomic mass is 16.5. The Morgan fingerprint density at radius 2 is 1.41 bits per heavy atom. The molecule has 0 aliphatic carbocycles. The van der Waals surface area contributed by atoms with Gasteiger partial charge in [-0.2, -0.15) is 15.0 Å². The number of nitrogens with zero attached hydrogens (tertiary/aromatic N) is 6. The molecule has 2 bridgehead atoms. The van der Waals surface area contributed by atoms with E-state index in [-0.39, 0.29) is 30.1 Å². The zero-order chi connectivity index (χ0) is 30.0. The second-order valence-corrected chi connectivity index (χ2v) is 11.9. The molecule has 0 saturated carbocycles. The summed E-state index contributed by atoms with van der Waals surface area (Å²) in [6.07, 6.45) is 4.23. The van der Waals surface area contributed by atoms with Gasteiger partial charge in [0, 0.05) is 42.1 Å². The third-order valence-electron chi connectivity index (χ3n) is 8.89. The molecule has 2 aromatic carbocycles. The Kier molecular flexibility index (Phi) is 8.01. The third kappa shape index (κ3) is 5.91. The number of likely N-dealkylation sites (tertiary alicyclic amines) is 1. The van der Waals surface area contributed by atoms with E-state index >= 15 is 0 Å². The number of nitrogens with one attached hydrogen (secondary N) is 2. The fourth-order valence-corrected chi connectivity index (χ4v) is 6.50. The standard InChI is InChI=1S/C32H38N8O4/c1-21-18-43-17-16-39(21)30-35-28(36-31(37-30)40-26-12-13-27(40)20-44-19-26)22-4-8-24(9-5-22)33-32(42)34-25-10-6-23(7-11-25)29(41)38-14-2-3-15-38/h4-11,21,26-27H,2-3,12-20H2,1H3,(H2,33,34,42). The largest absolute Gasteiger partial charge is 0.377 e. The van der Waals surface area contributed by atoms with E-state index in [9.17, 15) is 9.59 Å². The molecule has 3 atom stereocenters. The van der Waals surface area contributed by atoms with Crippen LogP contribution >= 0.6 is 0 Å². The van der Waals surface area contributed by atoms with Crippen molar-refractivity contribution in [3.05, 3.63) is 54.1 Å². The summed E-state index contributed by atoms with van der Waals surface area (Å²) in [6.45, 7) is 7.07. The second kappa shape index (κ2) is 12.4. The number of anilines is 4. The number of morpholine rings is 2. The fraction of sp³-hybridized carbons (Fsp3) is 0.469. The average Bonchev–Trinajstić information content (AvgIpc) is 3.67. The predicted molar refractivity (Wildman–Crippen MR) is 167 cm³/mol. The highest BCUT2D eigenvalue weighted by Gasteiger charge is 2.39. The molecule has 12 nitrogen and oxygen atoms in total. The van der Waals surface area contributed by atoms with Crippen molar-refractivity contribution in [2.45, 2.75) is 50.7 Å². The van der Waals surface area contributed by atoms with E-state index in [0.717, 1.165) is 50.9 Å². The van der Waals surface area contributed by atoms with Crippen LogP contribution in [0.2, 0.25) is 0 Å². The van der Waals surface area contributed by atoms with Crippen LogP contribution in [0.5, 0.6) is 0 Å². The summed E-state index contributed by atoms with van der Waals surface area (Å²) in [7, 11) is 0. The van der Waals surface area contributed by atoms with Crippen molar-refractivity contribution in [2.75, 3.05) is 66.5 Å². The molecule has 2 N–H and O–H groups in total. The maximum Gasteiger partial charge on any atom is 0.323 e. The van der Waals surface area contributed by atoms with Gasteiger partial charge in [0.1, 0.15) is 0 Å². The quantitative estimate of drug-likeness (QED) is 0.433. The topological polar surface area (TPSA) is 125 Å². The Bertz CT molecular complexity index is 1480. The first kappa shape index (κ1) is 28.5. The molecule has 5 heterocycles. The number of urea groups is 1. The molecule has 12 heteroatoms. The lowest BCUT2D eigenvalue weighted by Gasteiger charge is -2.36. The summed E-state index contributed by atoms with van der Waals surface area (Å²) in [5.41, 5.74) is 2.70. The van der Waals surface area contributed by atoms with Crippen LogP contribution in [0, 0.1) is 0 Å². The normalized spacial score (nSPS) is 23.1. The maximum atomic E-state index is 12.7. The molecule has 0 spiro atoms. The lowest BCUT2D eigenvalue weighted by molar-refractivity contribution is 0.0793. The first-order chi connectivity index (χ1) is 21.5. The molecule has 0 radical (unpaired) electrons. The van der Waals surface area contributed by atoms with Crippen LogP contribution in [0.4, 0.5) is 28.1 Å². The van der Waals surface area contributed by atoms with Crippen molar-refractivity contribution in [2.24, 2.45) is 0 Å². The van der Waals surface area contributed by atoms with Gasteiger partial charge in [-0.3, -0.25) is 4.79 Å². The molecular formula is C32H38N8O4. The van der Waals surface area contributed by atoms with Gasteiger partial charge in [-0.05, 0) is 81.1 Å². The van der Waals surface area contributed by atoms with Crippen LogP contribution < -0.4 is 20.4 Å². The van der Waals surface area contributed by atoms with Gasteiger partial charge >= 0.3 is 6.03 Å². The Hall–Kier alpha value is -4.29. The molecule has 230 valence electrons. The monoisotopic (exact) mass is 598 g/mol. The molecule has 1 aromatic heterocycles. The van der Waals surface area contributed by atoms with Gasteiger partial charge in [-0.15, -0.1) is 0 Å². The molecule has 3 aromatic rings. The number of hydrogen-bond acceptors (Lipinski definition) is 9. The van der Waals surface area contributed by atoms with Gasteiger partial charge in [-0.1, -0.05) is 0 Å². The van der Waals surface area contributed by atoms with Gasteiger partial charge in [0.05, 0.1) is 44.6 Å². The minimum Gasteiger partial charge on any atom is -0.377 e. The maximum absolute atomic E-state index is 12.7. The van der Waals surface area contributed by atoms with Gasteiger partial charge in [0.25, 0.3) is 5.91 Å². The summed E-state index contributed by atoms with van der Waals surface area (Å²) in [5.74, 6) is 1.97. The van der Waals surface area contributed by atoms with Crippen LogP contribution in [-0.2, 0) is 9.47 Å². The molecule has 3 amide bonds. The van der Waals surface area contributed by atoms with Crippen LogP contribution in [0.1, 0.15) is 43.0 Å². The Morgan fingerprint density at radius 3 is 2.07 bits per heavy atom. The van der Waals surface area contributed by atoms with E-state index in [1.807, 2.05) is 29.2 Å². The van der Waals surface area contributed by atoms with Gasteiger partial charge in [0.15, 0.2) is 5.82 Å². The van der Waals surface area contributed by atoms with E-state index in [1.54, 1.807) is 24.3 Å². The lowest BCUT2D eigenvalue weighted by Crippen LogP contribution is -2.48. The Balaban J connectivity index is 1.06. The number of rotatable bonds is 6. The van der Waals surface area contributed by atoms with Gasteiger partial charge in [-0.25, -0.2) is 4.79 Å². The van der Waals surface area contributed by atoms with Crippen molar-refractivity contribution in [3.63, 3.8) is 0 Å². The number of ether oxygens (including phenoxy) is 2. The van der Waals surface area contributed by atoms with Crippen molar-refractivity contribution in [1.29, 1.82) is 0 Å². The Labute approximate surface area is 256 Å². The minimum atomic E-state index is -0.370. The zero-order valence-electron chi connectivity index (χ0n) is 24.9. The van der Waals surface area contributed by atoms with E-state index < -0.39 is 0 Å². The van der Waals surface area contributed by atoms with E-state index in [4.69, 9.17) is 24.4 Å². The number of amides is 3. The molecular weight excluding hydrogens is 560 g/mol. The van der Waals surface area contributed by atoms with E-state index in [2.05, 4.69) is 27.4 Å². The summed E-state index contributed by atoms with van der Waals surface area (Å²) in [5, 5.41) is 5.72. The van der Waals surface area contributed by atoms with Crippen molar-refractivity contribution >= 4 is 35.2 Å². The third-order valence-corrected chi connectivity index (χ3v) is 8.89. The highest BCUT2D eigenvalue weighted by molar-refractivity contribution is 6.00. The van der Waals surface area contributed by atoms with Gasteiger partial charge in [0.2, 0.25) is 11.9 Å². The highest BCUT2D eigenvalue weighted by Crippen LogP contribution is 2.34. The predicted octanol–water partition coefficient (Wildman–Crippen LogP) is 4.01. The zero-order valence-corrected chi connectivity index (χ0v) is 24.9. The first-order valence-electron chi connectivity index (χ1n) is 15.6. The number of hydrogen-bond donors (Lipinski definition) is 2. The van der Waals surface area contributed by atoms with Crippen molar-refractivity contribution in [1.82, 2.24) is 19.9 Å². The summed E-state index contributed by atoms with van der Waals surface area (Å²) in [4.78, 5) is 46.5. The molecule has 7 rings (SSSR count). The van der Waals surface area contributed by atoms with Crippen molar-refractivity contribution < 1.29 is 19.1 Å². The molecule has 3 unspecified atom stereocenters. The number of carbonyl (C=O) groups excluding carboxylic acids is 2. The van der Waals surface area contributed by atoms with Crippen molar-refractivity contribution in [3.8, 4) is 11.4 Å². The smallest absolute Gasteiger partial charge is 0.323 e. The summed E-state index contributed by atoms with van der Waals surface area (Å²) < 4.78 is 11.5. The SMILES string of the molecule is CC1COCCN1c1nc(-c2ccc(NC(=O)Nc3ccc(C(=O)N4CCCC4)cc3)cc2)nc(N2C3CCC2COC3)n1. The molecule has 4 saturated heterocycles. The minimum absolute atomic E-state index is 0.0350. The molecule has 4 aliphatic rings. The van der Waals surface area contributed by atoms with E-state index in [0.29, 0.717) is 61.1 Å². The number of carbonyl (C=O) groups is 2. The first-order valence-corrected chi connectivity index (χ1v) is 15.6. The Morgan fingerprint density at radius 1 is 0.773 bits per heavy atom.